The van der Waals surface area contributed by atoms with Gasteiger partial charge in [0.2, 0.25) is 0 Å². The number of aliphatic hydroxyl groups excluding tert-OH is 1. The maximum absolute atomic E-state index is 13.5. The van der Waals surface area contributed by atoms with E-state index in [1.807, 2.05) is 0 Å². The molecule has 0 amide bonds. The molecule has 6 N–H and O–H groups in total. The minimum Gasteiger partial charge on any atom is -0.388 e. The molecule has 16 nitrogen and oxygen atoms in total. The molecular formula is C11H17FN5O11P3. The average Bonchev–Trinajstić information content (AvgIpc) is 3.19. The second kappa shape index (κ2) is 9.25. The van der Waals surface area contributed by atoms with E-state index in [2.05, 4.69) is 28.1 Å². The Hall–Kier alpha value is -1.35. The van der Waals surface area contributed by atoms with Gasteiger partial charge in [0.15, 0.2) is 17.7 Å². The van der Waals surface area contributed by atoms with Crippen LogP contribution in [0.25, 0.3) is 11.2 Å². The molecule has 0 spiro atoms. The number of alkyl halides is 1. The number of ether oxygens (including phenoxy) is 1. The number of nitrogens with two attached hydrogens (primary N) is 1. The van der Waals surface area contributed by atoms with E-state index in [1.54, 1.807) is 0 Å². The number of aromatic nitrogens is 4. The molecule has 0 radical (unpaired) electrons. The predicted octanol–water partition coefficient (Wildman–Crippen LogP) is -0.115. The van der Waals surface area contributed by atoms with Crippen LogP contribution in [-0.4, -0.2) is 64.8 Å². The number of phosphoric acid groups is 2. The second-order valence-electron chi connectivity index (χ2n) is 6.13. The third kappa shape index (κ3) is 5.53. The van der Waals surface area contributed by atoms with Gasteiger partial charge in [-0.1, -0.05) is 0 Å². The number of phosphoric ester groups is 1. The van der Waals surface area contributed by atoms with Crippen molar-refractivity contribution in [2.45, 2.75) is 18.4 Å². The summed E-state index contributed by atoms with van der Waals surface area (Å²) < 4.78 is 66.0. The molecule has 174 valence electrons. The van der Waals surface area contributed by atoms with Gasteiger partial charge in [0.1, 0.15) is 17.9 Å². The van der Waals surface area contributed by atoms with Crippen LogP contribution < -0.4 is 5.73 Å². The van der Waals surface area contributed by atoms with E-state index in [1.165, 1.54) is 10.9 Å². The number of hydrogen-bond acceptors (Lipinski definition) is 12. The van der Waals surface area contributed by atoms with Crippen molar-refractivity contribution >= 4 is 40.9 Å². The van der Waals surface area contributed by atoms with Gasteiger partial charge in [0.05, 0.1) is 25.7 Å². The first-order chi connectivity index (χ1) is 14.4. The Morgan fingerprint density at radius 2 is 2.00 bits per heavy atom. The van der Waals surface area contributed by atoms with Gasteiger partial charge >= 0.3 is 23.9 Å². The molecule has 1 fully saturated rings. The maximum atomic E-state index is 13.5. The summed E-state index contributed by atoms with van der Waals surface area (Å²) in [6.45, 7) is -1.99. The lowest BCUT2D eigenvalue weighted by atomic mass is 10.00. The Balaban J connectivity index is 1.73. The normalized spacial score (nSPS) is 28.9. The van der Waals surface area contributed by atoms with Crippen LogP contribution in [0.5, 0.6) is 0 Å². The number of aliphatic hydroxyl groups is 1. The second-order valence-corrected chi connectivity index (χ2v) is 10.2. The highest BCUT2D eigenvalue weighted by Crippen LogP contribution is 2.63. The zero-order valence-electron chi connectivity index (χ0n) is 15.2. The molecule has 7 atom stereocenters. The summed E-state index contributed by atoms with van der Waals surface area (Å²) in [5.74, 6) is -1.19. The quantitative estimate of drug-likeness (QED) is 0.278. The topological polar surface area (TPSA) is 239 Å². The van der Waals surface area contributed by atoms with Gasteiger partial charge in [-0.05, 0) is 0 Å². The van der Waals surface area contributed by atoms with Gasteiger partial charge in [0.25, 0.3) is 0 Å². The van der Waals surface area contributed by atoms with Crippen LogP contribution in [0.1, 0.15) is 6.23 Å². The van der Waals surface area contributed by atoms with Crippen LogP contribution in [0.2, 0.25) is 0 Å². The zero-order chi connectivity index (χ0) is 23.0. The molecule has 1 aliphatic heterocycles. The summed E-state index contributed by atoms with van der Waals surface area (Å²) in [4.78, 5) is 38.9. The molecule has 3 rings (SSSR count). The summed E-state index contributed by atoms with van der Waals surface area (Å²) in [7, 11) is -14.7. The van der Waals surface area contributed by atoms with E-state index >= 15 is 0 Å². The molecule has 3 heterocycles. The molecule has 1 saturated heterocycles. The van der Waals surface area contributed by atoms with Crippen LogP contribution >= 0.6 is 23.9 Å². The highest BCUT2D eigenvalue weighted by atomic mass is 31.3. The number of nitrogens with zero attached hydrogens (tertiary/aromatic N) is 4. The van der Waals surface area contributed by atoms with Crippen LogP contribution in [-0.2, 0) is 31.6 Å². The van der Waals surface area contributed by atoms with E-state index in [9.17, 15) is 28.1 Å². The molecule has 3 unspecified atom stereocenters. The highest BCUT2D eigenvalue weighted by molar-refractivity contribution is 7.64. The van der Waals surface area contributed by atoms with Crippen LogP contribution in [0, 0.1) is 5.92 Å². The van der Waals surface area contributed by atoms with Crippen molar-refractivity contribution in [3.63, 3.8) is 0 Å². The first-order valence-corrected chi connectivity index (χ1v) is 12.5. The third-order valence-corrected chi connectivity index (χ3v) is 7.84. The number of halogens is 1. The minimum absolute atomic E-state index is 0.0534. The van der Waals surface area contributed by atoms with Crippen molar-refractivity contribution in [2.75, 3.05) is 19.0 Å². The van der Waals surface area contributed by atoms with Crippen molar-refractivity contribution in [3.05, 3.63) is 12.7 Å². The van der Waals surface area contributed by atoms with Gasteiger partial charge in [-0.25, -0.2) is 28.4 Å². The third-order valence-electron chi connectivity index (χ3n) is 4.16. The van der Waals surface area contributed by atoms with Gasteiger partial charge in [-0.15, -0.1) is 0 Å². The van der Waals surface area contributed by atoms with E-state index < -0.39 is 61.5 Å². The van der Waals surface area contributed by atoms with Gasteiger partial charge in [-0.2, -0.15) is 4.31 Å². The molecule has 2 aromatic rings. The Kier molecular flexibility index (Phi) is 7.25. The van der Waals surface area contributed by atoms with Gasteiger partial charge in [0, 0.05) is 5.92 Å². The first-order valence-electron chi connectivity index (χ1n) is 8.20. The molecule has 1 aliphatic rings. The number of imidazole rings is 1. The molecule has 0 aromatic carbocycles. The van der Waals surface area contributed by atoms with Crippen LogP contribution in [0.3, 0.4) is 0 Å². The summed E-state index contributed by atoms with van der Waals surface area (Å²) in [5.41, 5.74) is 6.06. The van der Waals surface area contributed by atoms with Gasteiger partial charge in [-0.3, -0.25) is 18.0 Å². The minimum atomic E-state index is -5.41. The molecule has 2 aromatic heterocycles. The maximum Gasteiger partial charge on any atom is 0.488 e. The predicted molar refractivity (Wildman–Crippen MR) is 98.1 cm³/mol. The van der Waals surface area contributed by atoms with Crippen LogP contribution in [0.15, 0.2) is 12.7 Å². The van der Waals surface area contributed by atoms with Crippen molar-refractivity contribution < 1.29 is 55.8 Å². The number of rotatable bonds is 9. The summed E-state index contributed by atoms with van der Waals surface area (Å²) in [6.07, 6.45) is -1.67. The number of hydrogen-bond donors (Lipinski definition) is 5. The number of fused-ring (bicyclic) bond motifs is 1. The first kappa shape index (κ1) is 24.3. The Bertz CT molecular complexity index is 1070. The number of anilines is 1. The van der Waals surface area contributed by atoms with E-state index in [0.717, 1.165) is 6.33 Å². The van der Waals surface area contributed by atoms with Crippen molar-refractivity contribution in [2.24, 2.45) is 5.92 Å². The van der Waals surface area contributed by atoms with E-state index in [-0.39, 0.29) is 17.0 Å². The largest absolute Gasteiger partial charge is 0.488 e. The summed E-state index contributed by atoms with van der Waals surface area (Å²) in [6, 6.07) is 0. The SMILES string of the molecule is Nc1ncnc2c1ncn2[C@@H]1O[C@H](COP(=O)(O)OP(=O)(O)O[PH](=O)O)[C@@H](CF)[C@H]1O. The fourth-order valence-electron chi connectivity index (χ4n) is 2.87. The van der Waals surface area contributed by atoms with Crippen molar-refractivity contribution in [1.29, 1.82) is 0 Å². The summed E-state index contributed by atoms with van der Waals surface area (Å²) in [5, 5.41) is 10.5. The van der Waals surface area contributed by atoms with Crippen molar-refractivity contribution in [3.8, 4) is 0 Å². The Morgan fingerprint density at radius 1 is 1.29 bits per heavy atom. The smallest absolute Gasteiger partial charge is 0.388 e. The Morgan fingerprint density at radius 3 is 2.65 bits per heavy atom. The monoisotopic (exact) mass is 507 g/mol. The molecule has 0 saturated carbocycles. The Labute approximate surface area is 172 Å². The van der Waals surface area contributed by atoms with Crippen LogP contribution in [0.4, 0.5) is 10.2 Å². The lowest BCUT2D eigenvalue weighted by Crippen LogP contribution is -2.30. The molecular weight excluding hydrogens is 490 g/mol. The van der Waals surface area contributed by atoms with E-state index in [4.69, 9.17) is 20.3 Å². The van der Waals surface area contributed by atoms with Gasteiger partial charge < -0.3 is 30.3 Å². The molecule has 20 heteroatoms. The summed E-state index contributed by atoms with van der Waals surface area (Å²) >= 11 is 0. The average molecular weight is 507 g/mol. The fraction of sp³-hybridized carbons (Fsp3) is 0.545. The van der Waals surface area contributed by atoms with E-state index in [0.29, 0.717) is 0 Å². The molecule has 0 aliphatic carbocycles. The number of nitrogen functional groups attached to an aromatic ring is 1. The molecule has 0 bridgehead atoms. The lowest BCUT2D eigenvalue weighted by Gasteiger charge is -2.19. The highest BCUT2D eigenvalue weighted by Gasteiger charge is 2.47. The molecule has 31 heavy (non-hydrogen) atoms. The zero-order valence-corrected chi connectivity index (χ0v) is 18.0. The van der Waals surface area contributed by atoms with Crippen molar-refractivity contribution in [1.82, 2.24) is 19.5 Å². The fourth-order valence-corrected chi connectivity index (χ4v) is 5.66. The standard InChI is InChI=1S/C11H17FN5O11P3/c12-1-5-6(2-25-30(21,22)28-31(23,24)27-29(19)20)26-11(8(5)18)17-4-16-7-9(13)14-3-15-10(7)17/h3-6,8,11,18,29H,1-2H2,(H,19,20)(H,21,22)(H,23,24)(H2,13,14,15)/t5-,6-,8-,11-/m1/s1. The lowest BCUT2D eigenvalue weighted by molar-refractivity contribution is -0.0487.